The highest BCUT2D eigenvalue weighted by Crippen LogP contribution is 2.29. The largest absolute Gasteiger partial charge is 0.490 e. The number of rotatable bonds is 6. The number of aromatic nitrogens is 1. The van der Waals surface area contributed by atoms with Gasteiger partial charge in [-0.05, 0) is 52.3 Å². The minimum atomic E-state index is -0.761. The lowest BCUT2D eigenvalue weighted by Gasteiger charge is -2.19. The highest BCUT2D eigenvalue weighted by molar-refractivity contribution is 5.86. The Kier molecular flexibility index (Phi) is 4.26. The highest BCUT2D eigenvalue weighted by atomic mass is 16.5. The Hall–Kier alpha value is -1.97. The van der Waals surface area contributed by atoms with E-state index in [1.165, 1.54) is 0 Å². The Morgan fingerprint density at radius 2 is 2.05 bits per heavy atom. The SMILES string of the molecule is CC(C)Oc1cccc2c1ccn2CCC(C)(C)C(=O)O. The lowest BCUT2D eigenvalue weighted by molar-refractivity contribution is -0.147. The van der Waals surface area contributed by atoms with E-state index in [1.807, 2.05) is 44.3 Å². The van der Waals surface area contributed by atoms with Crippen LogP contribution < -0.4 is 4.74 Å². The lowest BCUT2D eigenvalue weighted by atomic mass is 9.89. The van der Waals surface area contributed by atoms with Crippen molar-refractivity contribution < 1.29 is 14.6 Å². The summed E-state index contributed by atoms with van der Waals surface area (Å²) in [5.41, 5.74) is 0.358. The van der Waals surface area contributed by atoms with Crippen molar-refractivity contribution in [1.82, 2.24) is 4.57 Å². The zero-order valence-corrected chi connectivity index (χ0v) is 13.1. The number of aryl methyl sites for hydroxylation is 1. The summed E-state index contributed by atoms with van der Waals surface area (Å²) in [6, 6.07) is 8.00. The van der Waals surface area contributed by atoms with Crippen LogP contribution in [0.2, 0.25) is 0 Å². The normalized spacial score (nSPS) is 12.0. The number of hydrogen-bond acceptors (Lipinski definition) is 2. The van der Waals surface area contributed by atoms with Crippen molar-refractivity contribution in [3.05, 3.63) is 30.5 Å². The maximum Gasteiger partial charge on any atom is 0.309 e. The number of carbonyl (C=O) groups is 1. The van der Waals surface area contributed by atoms with Crippen LogP contribution in [0.3, 0.4) is 0 Å². The van der Waals surface area contributed by atoms with Crippen molar-refractivity contribution in [2.45, 2.75) is 46.8 Å². The van der Waals surface area contributed by atoms with Gasteiger partial charge in [0.2, 0.25) is 0 Å². The minimum absolute atomic E-state index is 0.130. The van der Waals surface area contributed by atoms with E-state index in [0.29, 0.717) is 13.0 Å². The molecule has 4 nitrogen and oxygen atoms in total. The van der Waals surface area contributed by atoms with Gasteiger partial charge in [-0.1, -0.05) is 6.07 Å². The fourth-order valence-corrected chi connectivity index (χ4v) is 2.25. The predicted octanol–water partition coefficient (Wildman–Crippen LogP) is 3.93. The summed E-state index contributed by atoms with van der Waals surface area (Å²) in [6.45, 7) is 8.20. The van der Waals surface area contributed by atoms with Crippen molar-refractivity contribution in [3.63, 3.8) is 0 Å². The van der Waals surface area contributed by atoms with E-state index in [1.54, 1.807) is 13.8 Å². The molecule has 0 aliphatic heterocycles. The van der Waals surface area contributed by atoms with Gasteiger partial charge >= 0.3 is 5.97 Å². The molecular weight excluding hydrogens is 266 g/mol. The number of fused-ring (bicyclic) bond motifs is 1. The van der Waals surface area contributed by atoms with Gasteiger partial charge in [0.25, 0.3) is 0 Å². The molecule has 2 aromatic rings. The molecule has 114 valence electrons. The summed E-state index contributed by atoms with van der Waals surface area (Å²) in [7, 11) is 0. The van der Waals surface area contributed by atoms with Crippen LogP contribution >= 0.6 is 0 Å². The molecule has 0 saturated heterocycles. The van der Waals surface area contributed by atoms with Gasteiger partial charge in [0.1, 0.15) is 5.75 Å². The molecule has 0 saturated carbocycles. The van der Waals surface area contributed by atoms with Gasteiger partial charge in [0.15, 0.2) is 0 Å². The lowest BCUT2D eigenvalue weighted by Crippen LogP contribution is -2.25. The van der Waals surface area contributed by atoms with Gasteiger partial charge in [0, 0.05) is 18.1 Å². The van der Waals surface area contributed by atoms with Crippen LogP contribution in [-0.2, 0) is 11.3 Å². The van der Waals surface area contributed by atoms with Gasteiger partial charge in [-0.3, -0.25) is 4.79 Å². The summed E-state index contributed by atoms with van der Waals surface area (Å²) in [4.78, 5) is 11.2. The van der Waals surface area contributed by atoms with Crippen LogP contribution in [0.5, 0.6) is 5.75 Å². The average molecular weight is 289 g/mol. The van der Waals surface area contributed by atoms with Gasteiger partial charge in [0.05, 0.1) is 17.0 Å². The molecule has 1 aromatic heterocycles. The number of carboxylic acids is 1. The van der Waals surface area contributed by atoms with E-state index in [-0.39, 0.29) is 6.10 Å². The number of ether oxygens (including phenoxy) is 1. The Morgan fingerprint density at radius 3 is 2.67 bits per heavy atom. The van der Waals surface area contributed by atoms with E-state index in [9.17, 15) is 9.90 Å². The quantitative estimate of drug-likeness (QED) is 0.876. The summed E-state index contributed by atoms with van der Waals surface area (Å²) < 4.78 is 7.91. The molecule has 1 heterocycles. The second-order valence-corrected chi connectivity index (χ2v) is 6.30. The molecule has 0 unspecified atom stereocenters. The number of hydrogen-bond donors (Lipinski definition) is 1. The van der Waals surface area contributed by atoms with Crippen LogP contribution in [0.15, 0.2) is 30.5 Å². The molecule has 0 amide bonds. The molecule has 0 atom stereocenters. The minimum Gasteiger partial charge on any atom is -0.490 e. The molecule has 0 spiro atoms. The van der Waals surface area contributed by atoms with Crippen molar-refractivity contribution in [3.8, 4) is 5.75 Å². The molecule has 0 bridgehead atoms. The standard InChI is InChI=1S/C17H23NO3/c1-12(2)21-15-7-5-6-14-13(15)8-10-18(14)11-9-17(3,4)16(19)20/h5-8,10,12H,9,11H2,1-4H3,(H,19,20). The van der Waals surface area contributed by atoms with Crippen LogP contribution in [-0.4, -0.2) is 21.7 Å². The number of nitrogens with zero attached hydrogens (tertiary/aromatic N) is 1. The number of aliphatic carboxylic acids is 1. The molecule has 2 rings (SSSR count). The third-order valence-electron chi connectivity index (χ3n) is 3.69. The van der Waals surface area contributed by atoms with E-state index in [2.05, 4.69) is 4.57 Å². The molecule has 4 heteroatoms. The first-order valence-corrected chi connectivity index (χ1v) is 7.29. The van der Waals surface area contributed by atoms with Crippen molar-refractivity contribution >= 4 is 16.9 Å². The molecule has 0 fully saturated rings. The fourth-order valence-electron chi connectivity index (χ4n) is 2.25. The molecule has 0 aliphatic carbocycles. The first-order valence-electron chi connectivity index (χ1n) is 7.29. The van der Waals surface area contributed by atoms with Gasteiger partial charge < -0.3 is 14.4 Å². The topological polar surface area (TPSA) is 51.5 Å². The van der Waals surface area contributed by atoms with E-state index >= 15 is 0 Å². The maximum absolute atomic E-state index is 11.2. The number of carboxylic acid groups (broad SMARTS) is 1. The Bertz CT molecular complexity index is 641. The maximum atomic E-state index is 11.2. The average Bonchev–Trinajstić information content (AvgIpc) is 2.80. The predicted molar refractivity (Wildman–Crippen MR) is 83.7 cm³/mol. The Labute approximate surface area is 125 Å². The molecular formula is C17H23NO3. The zero-order chi connectivity index (χ0) is 15.6. The molecule has 0 aliphatic rings. The van der Waals surface area contributed by atoms with Crippen LogP contribution in [0.4, 0.5) is 0 Å². The fraction of sp³-hybridized carbons (Fsp3) is 0.471. The summed E-state index contributed by atoms with van der Waals surface area (Å²) in [5, 5.41) is 10.3. The molecule has 0 radical (unpaired) electrons. The third kappa shape index (κ3) is 3.38. The number of benzene rings is 1. The second-order valence-electron chi connectivity index (χ2n) is 6.30. The molecule has 1 N–H and O–H groups in total. The van der Waals surface area contributed by atoms with E-state index < -0.39 is 11.4 Å². The third-order valence-corrected chi connectivity index (χ3v) is 3.69. The van der Waals surface area contributed by atoms with Gasteiger partial charge in [-0.15, -0.1) is 0 Å². The first kappa shape index (κ1) is 15.4. The molecule has 21 heavy (non-hydrogen) atoms. The summed E-state index contributed by atoms with van der Waals surface area (Å²) in [6.07, 6.45) is 2.71. The zero-order valence-electron chi connectivity index (χ0n) is 13.1. The Balaban J connectivity index is 2.25. The molecule has 1 aromatic carbocycles. The van der Waals surface area contributed by atoms with E-state index in [0.717, 1.165) is 16.7 Å². The van der Waals surface area contributed by atoms with E-state index in [4.69, 9.17) is 4.74 Å². The summed E-state index contributed by atoms with van der Waals surface area (Å²) >= 11 is 0. The van der Waals surface area contributed by atoms with Crippen molar-refractivity contribution in [2.75, 3.05) is 0 Å². The summed E-state index contributed by atoms with van der Waals surface area (Å²) in [5.74, 6) is 0.113. The van der Waals surface area contributed by atoms with Crippen molar-refractivity contribution in [1.29, 1.82) is 0 Å². The van der Waals surface area contributed by atoms with Crippen LogP contribution in [0.1, 0.15) is 34.1 Å². The van der Waals surface area contributed by atoms with Crippen LogP contribution in [0.25, 0.3) is 10.9 Å². The van der Waals surface area contributed by atoms with Crippen LogP contribution in [0, 0.1) is 5.41 Å². The van der Waals surface area contributed by atoms with Crippen molar-refractivity contribution in [2.24, 2.45) is 5.41 Å². The second kappa shape index (κ2) is 5.80. The monoisotopic (exact) mass is 289 g/mol. The van der Waals surface area contributed by atoms with Gasteiger partial charge in [-0.25, -0.2) is 0 Å². The van der Waals surface area contributed by atoms with Gasteiger partial charge in [-0.2, -0.15) is 0 Å². The Morgan fingerprint density at radius 1 is 1.33 bits per heavy atom. The first-order chi connectivity index (χ1) is 9.81. The highest BCUT2D eigenvalue weighted by Gasteiger charge is 2.26. The smallest absolute Gasteiger partial charge is 0.309 e.